The van der Waals surface area contributed by atoms with Crippen LogP contribution in [0.3, 0.4) is 0 Å². The number of nitrogens with zero attached hydrogens (tertiary/aromatic N) is 1. The van der Waals surface area contributed by atoms with Crippen LogP contribution in [0.25, 0.3) is 0 Å². The number of carbonyl (C=O) groups excluding carboxylic acids is 1. The number of rotatable bonds is 6. The molecule has 1 atom stereocenters. The van der Waals surface area contributed by atoms with E-state index in [-0.39, 0.29) is 18.8 Å². The van der Waals surface area contributed by atoms with Gasteiger partial charge in [0.1, 0.15) is 5.54 Å². The van der Waals surface area contributed by atoms with E-state index in [2.05, 4.69) is 5.32 Å². The molecule has 124 valence electrons. The Bertz CT molecular complexity index is 342. The molecule has 0 aromatic heterocycles. The van der Waals surface area contributed by atoms with E-state index >= 15 is 0 Å². The van der Waals surface area contributed by atoms with E-state index in [1.807, 2.05) is 4.90 Å². The average molecular weight is 310 g/mol. The Morgan fingerprint density at radius 1 is 1.33 bits per heavy atom. The van der Waals surface area contributed by atoms with E-state index in [1.54, 1.807) is 14.0 Å². The fourth-order valence-electron chi connectivity index (χ4n) is 2.69. The third kappa shape index (κ3) is 5.14. The molecule has 1 saturated heterocycles. The van der Waals surface area contributed by atoms with E-state index in [1.165, 1.54) is 7.11 Å². The minimum absolute atomic E-state index is 0.170. The number of hydrogen-bond donors (Lipinski definition) is 1. The molecule has 0 radical (unpaired) electrons. The Morgan fingerprint density at radius 3 is 2.33 bits per heavy atom. The van der Waals surface area contributed by atoms with E-state index in [9.17, 15) is 18.0 Å². The minimum atomic E-state index is -4.07. The van der Waals surface area contributed by atoms with Gasteiger partial charge in [0, 0.05) is 0 Å². The van der Waals surface area contributed by atoms with Gasteiger partial charge in [-0.3, -0.25) is 4.79 Å². The number of ether oxygens (including phenoxy) is 1. The maximum Gasteiger partial charge on any atom is 0.391 e. The Kier molecular flexibility index (Phi) is 6.46. The number of methoxy groups -OCH3 is 1. The second kappa shape index (κ2) is 7.45. The highest BCUT2D eigenvalue weighted by atomic mass is 19.4. The molecule has 1 fully saturated rings. The first kappa shape index (κ1) is 18.2. The first-order chi connectivity index (χ1) is 9.73. The highest BCUT2D eigenvalue weighted by molar-refractivity contribution is 5.80. The van der Waals surface area contributed by atoms with Crippen molar-refractivity contribution in [2.75, 3.05) is 33.8 Å². The van der Waals surface area contributed by atoms with Crippen molar-refractivity contribution in [1.29, 1.82) is 0 Å². The van der Waals surface area contributed by atoms with Gasteiger partial charge in [-0.05, 0) is 59.3 Å². The predicted molar refractivity (Wildman–Crippen MR) is 73.9 cm³/mol. The third-order valence-electron chi connectivity index (χ3n) is 4.39. The zero-order chi connectivity index (χ0) is 16.1. The Morgan fingerprint density at radius 2 is 1.90 bits per heavy atom. The maximum absolute atomic E-state index is 12.6. The Labute approximate surface area is 124 Å². The Balaban J connectivity index is 2.33. The van der Waals surface area contributed by atoms with Crippen molar-refractivity contribution in [3.63, 3.8) is 0 Å². The second-order valence-electron chi connectivity index (χ2n) is 5.83. The molecule has 1 N–H and O–H groups in total. The number of hydrogen-bond acceptors (Lipinski definition) is 4. The van der Waals surface area contributed by atoms with Crippen LogP contribution < -0.4 is 5.32 Å². The fraction of sp³-hybridized carbons (Fsp3) is 0.929. The number of alkyl halides is 3. The van der Waals surface area contributed by atoms with Crippen molar-refractivity contribution in [1.82, 2.24) is 10.2 Å². The van der Waals surface area contributed by atoms with Gasteiger partial charge < -0.3 is 15.0 Å². The lowest BCUT2D eigenvalue weighted by atomic mass is 9.94. The number of likely N-dealkylation sites (N-methyl/N-ethyl adjacent to an activating group) is 1. The van der Waals surface area contributed by atoms with Gasteiger partial charge in [-0.2, -0.15) is 13.2 Å². The van der Waals surface area contributed by atoms with Crippen molar-refractivity contribution in [2.24, 2.45) is 5.92 Å². The number of nitrogens with one attached hydrogen (secondary N) is 1. The van der Waals surface area contributed by atoms with Crippen molar-refractivity contribution >= 4 is 5.97 Å². The molecular formula is C14H25F3N2O2. The third-order valence-corrected chi connectivity index (χ3v) is 4.39. The molecule has 1 aliphatic rings. The first-order valence-electron chi connectivity index (χ1n) is 7.29. The minimum Gasteiger partial charge on any atom is -0.468 e. The van der Waals surface area contributed by atoms with Crippen LogP contribution in [0.2, 0.25) is 0 Å². The predicted octanol–water partition coefficient (Wildman–Crippen LogP) is 2.19. The van der Waals surface area contributed by atoms with Crippen LogP contribution in [0, 0.1) is 5.92 Å². The van der Waals surface area contributed by atoms with Gasteiger partial charge in [-0.25, -0.2) is 0 Å². The van der Waals surface area contributed by atoms with E-state index in [4.69, 9.17) is 4.74 Å². The molecule has 0 amide bonds. The molecule has 0 spiro atoms. The number of halogens is 3. The molecule has 0 aromatic rings. The summed E-state index contributed by atoms with van der Waals surface area (Å²) in [6, 6.07) is 0. The lowest BCUT2D eigenvalue weighted by Gasteiger charge is -2.33. The molecule has 7 heteroatoms. The molecule has 1 aliphatic heterocycles. The smallest absolute Gasteiger partial charge is 0.391 e. The zero-order valence-electron chi connectivity index (χ0n) is 12.9. The van der Waals surface area contributed by atoms with Gasteiger partial charge in [-0.15, -0.1) is 0 Å². The molecule has 4 nitrogen and oxygen atoms in total. The molecule has 21 heavy (non-hydrogen) atoms. The van der Waals surface area contributed by atoms with E-state index in [0.717, 1.165) is 6.42 Å². The highest BCUT2D eigenvalue weighted by Crippen LogP contribution is 2.34. The lowest BCUT2D eigenvalue weighted by Crippen LogP contribution is -2.49. The summed E-state index contributed by atoms with van der Waals surface area (Å²) in [5.74, 6) is -1.48. The zero-order valence-corrected chi connectivity index (χ0v) is 12.9. The summed E-state index contributed by atoms with van der Waals surface area (Å²) in [5, 5.41) is 2.95. The quantitative estimate of drug-likeness (QED) is 0.764. The fourth-order valence-corrected chi connectivity index (χ4v) is 2.69. The summed E-state index contributed by atoms with van der Waals surface area (Å²) in [6.07, 6.45) is -2.40. The molecule has 1 unspecified atom stereocenters. The maximum atomic E-state index is 12.6. The van der Waals surface area contributed by atoms with Crippen LogP contribution in [0.1, 0.15) is 32.6 Å². The van der Waals surface area contributed by atoms with Crippen LogP contribution in [0.4, 0.5) is 13.2 Å². The normalized spacial score (nSPS) is 21.0. The van der Waals surface area contributed by atoms with Crippen LogP contribution in [0.5, 0.6) is 0 Å². The average Bonchev–Trinajstić information content (AvgIpc) is 2.45. The molecule has 0 aliphatic carbocycles. The summed E-state index contributed by atoms with van der Waals surface area (Å²) in [7, 11) is 3.05. The number of carbonyl (C=O) groups is 1. The summed E-state index contributed by atoms with van der Waals surface area (Å²) in [6.45, 7) is 3.42. The number of piperidine rings is 1. The SMILES string of the molecule is CNC(C)(CCCN1CCC(C(F)(F)F)CC1)C(=O)OC. The molecule has 0 aromatic carbocycles. The monoisotopic (exact) mass is 310 g/mol. The molecule has 0 bridgehead atoms. The van der Waals surface area contributed by atoms with Gasteiger partial charge in [0.05, 0.1) is 13.0 Å². The van der Waals surface area contributed by atoms with Crippen molar-refractivity contribution in [2.45, 2.75) is 44.3 Å². The largest absolute Gasteiger partial charge is 0.468 e. The van der Waals surface area contributed by atoms with Gasteiger partial charge >= 0.3 is 12.1 Å². The summed E-state index contributed by atoms with van der Waals surface area (Å²) >= 11 is 0. The lowest BCUT2D eigenvalue weighted by molar-refractivity contribution is -0.185. The molecule has 1 heterocycles. The first-order valence-corrected chi connectivity index (χ1v) is 7.29. The number of likely N-dealkylation sites (tertiary alicyclic amines) is 1. The molecule has 1 rings (SSSR count). The van der Waals surface area contributed by atoms with E-state index in [0.29, 0.717) is 26.1 Å². The van der Waals surface area contributed by atoms with Crippen LogP contribution in [-0.2, 0) is 9.53 Å². The van der Waals surface area contributed by atoms with Gasteiger partial charge in [0.25, 0.3) is 0 Å². The van der Waals surface area contributed by atoms with Gasteiger partial charge in [-0.1, -0.05) is 0 Å². The van der Waals surface area contributed by atoms with Crippen molar-refractivity contribution in [3.8, 4) is 0 Å². The van der Waals surface area contributed by atoms with Crippen LogP contribution in [0.15, 0.2) is 0 Å². The summed E-state index contributed by atoms with van der Waals surface area (Å²) < 4.78 is 42.5. The second-order valence-corrected chi connectivity index (χ2v) is 5.83. The van der Waals surface area contributed by atoms with Crippen LogP contribution >= 0.6 is 0 Å². The van der Waals surface area contributed by atoms with Crippen molar-refractivity contribution < 1.29 is 22.7 Å². The van der Waals surface area contributed by atoms with Gasteiger partial charge in [0.2, 0.25) is 0 Å². The summed E-state index contributed by atoms with van der Waals surface area (Å²) in [4.78, 5) is 13.7. The molecular weight excluding hydrogens is 285 g/mol. The van der Waals surface area contributed by atoms with Crippen molar-refractivity contribution in [3.05, 3.63) is 0 Å². The van der Waals surface area contributed by atoms with E-state index < -0.39 is 17.6 Å². The number of esters is 1. The standard InChI is InChI=1S/C14H25F3N2O2/c1-13(18-2,12(20)21-3)7-4-8-19-9-5-11(6-10-19)14(15,16)17/h11,18H,4-10H2,1-3H3. The Hall–Kier alpha value is -0.820. The summed E-state index contributed by atoms with van der Waals surface area (Å²) in [5.41, 5.74) is -0.737. The highest BCUT2D eigenvalue weighted by Gasteiger charge is 2.41. The topological polar surface area (TPSA) is 41.6 Å². The molecule has 0 saturated carbocycles. The van der Waals surface area contributed by atoms with Gasteiger partial charge in [0.15, 0.2) is 0 Å². The van der Waals surface area contributed by atoms with Crippen LogP contribution in [-0.4, -0.2) is 56.4 Å².